The molecule has 6 heteroatoms. The fourth-order valence-electron chi connectivity index (χ4n) is 7.35. The number of phenolic OH excluding ortho intramolecular Hbond substituents is 1. The maximum Gasteiger partial charge on any atom is 0.139 e. The topological polar surface area (TPSA) is 31.6 Å². The van der Waals surface area contributed by atoms with Crippen molar-refractivity contribution in [3.63, 3.8) is 0 Å². The van der Waals surface area contributed by atoms with Crippen LogP contribution in [0.15, 0.2) is 145 Å². The van der Waals surface area contributed by atoms with Crippen molar-refractivity contribution in [1.82, 2.24) is 4.57 Å². The third-order valence-corrected chi connectivity index (χ3v) is 11.9. The fourth-order valence-corrected chi connectivity index (χ4v) is 8.54. The van der Waals surface area contributed by atoms with Gasteiger partial charge in [0.2, 0.25) is 0 Å². The molecule has 4 nitrogen and oxygen atoms in total. The van der Waals surface area contributed by atoms with Crippen LogP contribution in [0, 0.1) is 6.92 Å². The van der Waals surface area contributed by atoms with E-state index in [9.17, 15) is 5.11 Å². The Kier molecular flexibility index (Phi) is 15.0. The summed E-state index contributed by atoms with van der Waals surface area (Å²) < 4.78 is 2.39. The van der Waals surface area contributed by atoms with Crippen molar-refractivity contribution in [2.45, 2.75) is 53.4 Å². The van der Waals surface area contributed by atoms with Crippen LogP contribution in [0.5, 0.6) is 5.75 Å². The molecule has 0 saturated carbocycles. The second-order valence-corrected chi connectivity index (χ2v) is 19.7. The van der Waals surface area contributed by atoms with Gasteiger partial charge in [0.05, 0.1) is 16.9 Å². The Morgan fingerprint density at radius 3 is 2.04 bits per heavy atom. The number of anilines is 5. The van der Waals surface area contributed by atoms with Crippen LogP contribution in [-0.4, -0.2) is 41.0 Å². The second-order valence-electron chi connectivity index (χ2n) is 14.7. The van der Waals surface area contributed by atoms with Crippen LogP contribution < -0.4 is 9.80 Å². The van der Waals surface area contributed by atoms with Crippen LogP contribution in [0.4, 0.5) is 28.4 Å². The average Bonchev–Trinajstić information content (AvgIpc) is 3.54. The standard InChI is InChI=1S/C47H49N3OS.C2H6S.C2H6/c1-7-15-44-42(8-2)43-30-26-39(32-45(43)50(44)36-18-13-10-14-19-36)48(37-24-28-41(29-25-37)52(4,5)6)40-27-31-47(51)46(33-40)49(35-16-11-9-12-17-35)38-22-20-34(3)21-23-38;1-3-2;1-2/h7-9,11-13,15-24,26-28,30-33,51H,2,10,14,25,29H2,1,3-6H3;1-2H3;1-2H3/b15-7-;;. The van der Waals surface area contributed by atoms with Gasteiger partial charge >= 0.3 is 0 Å². The number of benzene rings is 4. The molecule has 0 unspecified atom stereocenters. The smallest absolute Gasteiger partial charge is 0.139 e. The molecule has 0 bridgehead atoms. The Bertz CT molecular complexity index is 2300. The number of aromatic nitrogens is 1. The van der Waals surface area contributed by atoms with Gasteiger partial charge in [-0.2, -0.15) is 11.8 Å². The average molecular weight is 796 g/mol. The van der Waals surface area contributed by atoms with Crippen molar-refractivity contribution in [2.75, 3.05) is 41.1 Å². The summed E-state index contributed by atoms with van der Waals surface area (Å²) in [6.45, 7) is 12.4. The van der Waals surface area contributed by atoms with Crippen LogP contribution in [0.3, 0.4) is 0 Å². The highest BCUT2D eigenvalue weighted by atomic mass is 32.3. The van der Waals surface area contributed by atoms with Crippen molar-refractivity contribution in [3.05, 3.63) is 161 Å². The van der Waals surface area contributed by atoms with E-state index in [2.05, 4.69) is 157 Å². The number of fused-ring (bicyclic) bond motifs is 1. The molecule has 1 N–H and O–H groups in total. The first-order valence-corrected chi connectivity index (χ1v) is 24.4. The number of thioether (sulfide) groups is 1. The Morgan fingerprint density at radius 2 is 1.44 bits per heavy atom. The minimum absolute atomic E-state index is 0.219. The summed E-state index contributed by atoms with van der Waals surface area (Å²) in [4.78, 5) is 6.06. The van der Waals surface area contributed by atoms with Gasteiger partial charge in [0.25, 0.3) is 0 Å². The largest absolute Gasteiger partial charge is 0.506 e. The van der Waals surface area contributed by atoms with Gasteiger partial charge in [-0.3, -0.25) is 0 Å². The lowest BCUT2D eigenvalue weighted by atomic mass is 10.0. The molecule has 1 heterocycles. The first-order valence-electron chi connectivity index (χ1n) is 19.9. The van der Waals surface area contributed by atoms with Crippen molar-refractivity contribution in [2.24, 2.45) is 0 Å². The van der Waals surface area contributed by atoms with Crippen molar-refractivity contribution >= 4 is 79.0 Å². The molecule has 0 spiro atoms. The molecule has 2 aliphatic carbocycles. The Labute approximate surface area is 348 Å². The lowest BCUT2D eigenvalue weighted by molar-refractivity contribution is 0.476. The van der Waals surface area contributed by atoms with E-state index in [-0.39, 0.29) is 5.75 Å². The number of aromatic hydroxyl groups is 1. The van der Waals surface area contributed by atoms with E-state index in [0.717, 1.165) is 70.9 Å². The molecule has 0 amide bonds. The molecule has 298 valence electrons. The molecular formula is C51H61N3OS2. The Morgan fingerprint density at radius 1 is 0.789 bits per heavy atom. The predicted octanol–water partition coefficient (Wildman–Crippen LogP) is 15.4. The van der Waals surface area contributed by atoms with Crippen LogP contribution in [0.2, 0.25) is 0 Å². The molecule has 7 rings (SSSR count). The van der Waals surface area contributed by atoms with Crippen molar-refractivity contribution in [1.29, 1.82) is 0 Å². The molecule has 0 aliphatic heterocycles. The van der Waals surface area contributed by atoms with E-state index in [1.165, 1.54) is 27.2 Å². The molecule has 0 atom stereocenters. The normalized spacial score (nSPS) is 14.1. The summed E-state index contributed by atoms with van der Waals surface area (Å²) in [6, 6.07) is 31.6. The minimum atomic E-state index is -0.823. The zero-order valence-electron chi connectivity index (χ0n) is 35.4. The van der Waals surface area contributed by atoms with Gasteiger partial charge in [-0.15, -0.1) is 0 Å². The van der Waals surface area contributed by atoms with Crippen LogP contribution in [0.25, 0.3) is 28.8 Å². The Hall–Kier alpha value is -5.04. The first-order chi connectivity index (χ1) is 27.6. The first kappa shape index (κ1) is 43.1. The molecule has 0 saturated heterocycles. The van der Waals surface area contributed by atoms with Gasteiger partial charge in [-0.1, -0.05) is 92.8 Å². The molecule has 2 aliphatic rings. The lowest BCUT2D eigenvalue weighted by Gasteiger charge is -2.35. The van der Waals surface area contributed by atoms with Gasteiger partial charge in [0, 0.05) is 45.1 Å². The summed E-state index contributed by atoms with van der Waals surface area (Å²) in [7, 11) is -0.823. The lowest BCUT2D eigenvalue weighted by Crippen LogP contribution is -2.19. The summed E-state index contributed by atoms with van der Waals surface area (Å²) in [5, 5.41) is 12.8. The zero-order chi connectivity index (χ0) is 41.1. The highest BCUT2D eigenvalue weighted by molar-refractivity contribution is 8.35. The number of rotatable bonds is 10. The molecule has 1 aromatic heterocycles. The van der Waals surface area contributed by atoms with Crippen molar-refractivity contribution in [3.8, 4) is 5.75 Å². The summed E-state index contributed by atoms with van der Waals surface area (Å²) in [5.74, 6) is 0.219. The molecule has 0 radical (unpaired) electrons. The van der Waals surface area contributed by atoms with E-state index >= 15 is 0 Å². The quantitative estimate of drug-likeness (QED) is 0.153. The van der Waals surface area contributed by atoms with Crippen LogP contribution in [-0.2, 0) is 0 Å². The third kappa shape index (κ3) is 9.75. The van der Waals surface area contributed by atoms with Gasteiger partial charge in [-0.05, 0) is 149 Å². The maximum atomic E-state index is 11.6. The predicted molar refractivity (Wildman–Crippen MR) is 261 cm³/mol. The van der Waals surface area contributed by atoms with E-state index < -0.39 is 10.0 Å². The summed E-state index contributed by atoms with van der Waals surface area (Å²) in [5.41, 5.74) is 11.7. The number of hydrogen-bond acceptors (Lipinski definition) is 4. The number of para-hydroxylation sites is 1. The van der Waals surface area contributed by atoms with E-state index in [4.69, 9.17) is 0 Å². The number of allylic oxidation sites excluding steroid dienone is 9. The van der Waals surface area contributed by atoms with Crippen LogP contribution in [0.1, 0.15) is 63.3 Å². The number of nitrogens with zero attached hydrogens (tertiary/aromatic N) is 3. The Balaban J connectivity index is 0.00000118. The van der Waals surface area contributed by atoms with E-state index in [1.807, 2.05) is 62.8 Å². The summed E-state index contributed by atoms with van der Waals surface area (Å²) in [6.07, 6.45) is 33.0. The SMILES string of the molecule is C=Cc1c(/C=C\C)n(C2=CCCC=C2)c2cc(N(C3=CC=C(S(C)(C)C)CC3)c3ccc(O)c(N(c4ccccc4)c4ccc(C)cc4)c3)ccc12.CC.CSC. The molecular weight excluding hydrogens is 735 g/mol. The molecule has 57 heavy (non-hydrogen) atoms. The maximum absolute atomic E-state index is 11.6. The number of hydrogen-bond donors (Lipinski definition) is 1. The summed E-state index contributed by atoms with van der Waals surface area (Å²) >= 11 is 1.75. The highest BCUT2D eigenvalue weighted by Crippen LogP contribution is 2.50. The van der Waals surface area contributed by atoms with Crippen molar-refractivity contribution < 1.29 is 5.11 Å². The van der Waals surface area contributed by atoms with E-state index in [0.29, 0.717) is 0 Å². The van der Waals surface area contributed by atoms with Gasteiger partial charge < -0.3 is 19.5 Å². The number of phenols is 1. The zero-order valence-corrected chi connectivity index (χ0v) is 37.1. The van der Waals surface area contributed by atoms with E-state index in [1.54, 1.807) is 11.8 Å². The minimum Gasteiger partial charge on any atom is -0.506 e. The monoisotopic (exact) mass is 795 g/mol. The third-order valence-electron chi connectivity index (χ3n) is 9.98. The second kappa shape index (κ2) is 19.9. The van der Waals surface area contributed by atoms with Gasteiger partial charge in [-0.25, -0.2) is 10.0 Å². The molecule has 0 fully saturated rings. The van der Waals surface area contributed by atoms with Crippen LogP contribution >= 0.6 is 21.8 Å². The molecule has 5 aromatic rings. The fraction of sp³-hybridized carbons (Fsp3) is 0.255. The highest BCUT2D eigenvalue weighted by Gasteiger charge is 2.25. The molecule has 4 aromatic carbocycles. The van der Waals surface area contributed by atoms with Gasteiger partial charge in [0.15, 0.2) is 0 Å². The van der Waals surface area contributed by atoms with Gasteiger partial charge in [0.1, 0.15) is 5.75 Å². The number of aryl methyl sites for hydroxylation is 1.